The van der Waals surface area contributed by atoms with Crippen molar-refractivity contribution in [1.29, 1.82) is 0 Å². The molecule has 0 aliphatic rings. The molecule has 0 radical (unpaired) electrons. The molecular formula is C23H48NO2+. The van der Waals surface area contributed by atoms with Gasteiger partial charge in [-0.05, 0) is 32.1 Å². The number of hydrogen-bond donors (Lipinski definition) is 1. The second kappa shape index (κ2) is 19.4. The summed E-state index contributed by atoms with van der Waals surface area (Å²) in [6.45, 7) is 4.82. The number of nitrogens with zero attached hydrogens (tertiary/aromatic N) is 1. The van der Waals surface area contributed by atoms with Gasteiger partial charge in [-0.1, -0.05) is 76.9 Å². The third kappa shape index (κ3) is 19.9. The highest BCUT2D eigenvalue weighted by atomic mass is 16.5. The predicted octanol–water partition coefficient (Wildman–Crippen LogP) is 6.07. The highest BCUT2D eigenvalue weighted by Gasteiger charge is 2.13. The molecule has 156 valence electrons. The summed E-state index contributed by atoms with van der Waals surface area (Å²) in [6, 6.07) is 0. The van der Waals surface area contributed by atoms with Gasteiger partial charge >= 0.3 is 0 Å². The maximum atomic E-state index is 8.98. The number of rotatable bonds is 20. The topological polar surface area (TPSA) is 29.5 Å². The van der Waals surface area contributed by atoms with Gasteiger partial charge in [0.15, 0.2) is 6.73 Å². The standard InChI is InChI=1S/C23H48NO2/c1-4-5-6-7-8-9-10-11-12-13-14-15-16-17-18-19-22-26-23-24(2,3)20-21-25/h11-12,25H,4-10,13-23H2,1-3H3/q+1. The van der Waals surface area contributed by atoms with Crippen molar-refractivity contribution in [1.82, 2.24) is 0 Å². The molecule has 0 rings (SSSR count). The molecule has 0 amide bonds. The molecule has 0 saturated carbocycles. The molecule has 0 aromatic heterocycles. The van der Waals surface area contributed by atoms with E-state index in [0.717, 1.165) is 24.1 Å². The van der Waals surface area contributed by atoms with Crippen molar-refractivity contribution in [2.24, 2.45) is 0 Å². The van der Waals surface area contributed by atoms with Gasteiger partial charge in [0.05, 0.1) is 27.3 Å². The van der Waals surface area contributed by atoms with Gasteiger partial charge in [-0.15, -0.1) is 0 Å². The van der Waals surface area contributed by atoms with Crippen LogP contribution < -0.4 is 0 Å². The molecule has 0 heterocycles. The predicted molar refractivity (Wildman–Crippen MR) is 114 cm³/mol. The lowest BCUT2D eigenvalue weighted by atomic mass is 10.1. The molecule has 3 heteroatoms. The van der Waals surface area contributed by atoms with E-state index in [1.165, 1.54) is 83.5 Å². The molecule has 0 aliphatic heterocycles. The summed E-state index contributed by atoms with van der Waals surface area (Å²) in [5, 5.41) is 8.98. The van der Waals surface area contributed by atoms with Crippen LogP contribution in [0.3, 0.4) is 0 Å². The van der Waals surface area contributed by atoms with E-state index in [-0.39, 0.29) is 6.61 Å². The first-order chi connectivity index (χ1) is 12.6. The summed E-state index contributed by atoms with van der Waals surface area (Å²) in [7, 11) is 4.19. The Morgan fingerprint density at radius 3 is 1.77 bits per heavy atom. The van der Waals surface area contributed by atoms with Crippen molar-refractivity contribution in [3.8, 4) is 0 Å². The lowest BCUT2D eigenvalue weighted by Gasteiger charge is -2.28. The van der Waals surface area contributed by atoms with Gasteiger partial charge in [-0.2, -0.15) is 0 Å². The maximum Gasteiger partial charge on any atom is 0.182 e. The first-order valence-electron chi connectivity index (χ1n) is 11.3. The van der Waals surface area contributed by atoms with Crippen molar-refractivity contribution in [2.75, 3.05) is 40.6 Å². The molecule has 0 saturated heterocycles. The average Bonchev–Trinajstić information content (AvgIpc) is 2.60. The number of allylic oxidation sites excluding steroid dienone is 2. The molecule has 0 spiro atoms. The minimum absolute atomic E-state index is 0.227. The summed E-state index contributed by atoms with van der Waals surface area (Å²) >= 11 is 0. The number of quaternary nitrogens is 1. The molecule has 1 N–H and O–H groups in total. The van der Waals surface area contributed by atoms with Crippen molar-refractivity contribution in [3.05, 3.63) is 12.2 Å². The Morgan fingerprint density at radius 1 is 0.731 bits per heavy atom. The normalized spacial score (nSPS) is 12.3. The van der Waals surface area contributed by atoms with Gasteiger partial charge in [-0.3, -0.25) is 0 Å². The van der Waals surface area contributed by atoms with E-state index in [1.54, 1.807) is 0 Å². The number of aliphatic hydroxyl groups excluding tert-OH is 1. The first kappa shape index (κ1) is 25.6. The number of ether oxygens (including phenoxy) is 1. The van der Waals surface area contributed by atoms with Crippen molar-refractivity contribution in [2.45, 2.75) is 96.8 Å². The number of likely N-dealkylation sites (N-methyl/N-ethyl adjacent to an activating group) is 1. The zero-order valence-corrected chi connectivity index (χ0v) is 18.2. The zero-order chi connectivity index (χ0) is 19.3. The molecule has 0 aliphatic carbocycles. The minimum atomic E-state index is 0.227. The lowest BCUT2D eigenvalue weighted by Crippen LogP contribution is -2.43. The van der Waals surface area contributed by atoms with Crippen molar-refractivity contribution in [3.63, 3.8) is 0 Å². The van der Waals surface area contributed by atoms with Crippen molar-refractivity contribution >= 4 is 0 Å². The molecule has 3 nitrogen and oxygen atoms in total. The van der Waals surface area contributed by atoms with Crippen LogP contribution in [0.5, 0.6) is 0 Å². The molecule has 0 unspecified atom stereocenters. The van der Waals surface area contributed by atoms with E-state index in [1.807, 2.05) is 0 Å². The van der Waals surface area contributed by atoms with Crippen LogP contribution in [0.4, 0.5) is 0 Å². The number of unbranched alkanes of at least 4 members (excludes halogenated alkanes) is 12. The SMILES string of the molecule is CCCCCCCCC=CCCCCCCCCOC[N+](C)(C)CCO. The summed E-state index contributed by atoms with van der Waals surface area (Å²) in [5.41, 5.74) is 0. The summed E-state index contributed by atoms with van der Waals surface area (Å²) in [6.07, 6.45) is 23.6. The highest BCUT2D eigenvalue weighted by Crippen LogP contribution is 2.10. The summed E-state index contributed by atoms with van der Waals surface area (Å²) in [4.78, 5) is 0. The molecule has 0 bridgehead atoms. The molecule has 0 atom stereocenters. The van der Waals surface area contributed by atoms with Crippen LogP contribution in [-0.2, 0) is 4.74 Å². The smallest absolute Gasteiger partial charge is 0.182 e. The molecule has 26 heavy (non-hydrogen) atoms. The van der Waals surface area contributed by atoms with Gasteiger partial charge in [-0.25, -0.2) is 0 Å². The molecule has 0 aromatic rings. The Hall–Kier alpha value is -0.380. The van der Waals surface area contributed by atoms with Crippen LogP contribution in [0.15, 0.2) is 12.2 Å². The zero-order valence-electron chi connectivity index (χ0n) is 18.2. The second-order valence-electron chi connectivity index (χ2n) is 8.36. The van der Waals surface area contributed by atoms with E-state index in [2.05, 4.69) is 33.2 Å². The van der Waals surface area contributed by atoms with Crippen molar-refractivity contribution < 1.29 is 14.3 Å². The van der Waals surface area contributed by atoms with Crippen LogP contribution >= 0.6 is 0 Å². The fourth-order valence-corrected chi connectivity index (χ4v) is 3.10. The highest BCUT2D eigenvalue weighted by molar-refractivity contribution is 4.81. The largest absolute Gasteiger partial charge is 0.391 e. The Bertz CT molecular complexity index is 303. The number of hydrogen-bond acceptors (Lipinski definition) is 2. The van der Waals surface area contributed by atoms with Crippen LogP contribution in [-0.4, -0.2) is 50.2 Å². The fourth-order valence-electron chi connectivity index (χ4n) is 3.10. The van der Waals surface area contributed by atoms with E-state index >= 15 is 0 Å². The van der Waals surface area contributed by atoms with E-state index in [0.29, 0.717) is 6.73 Å². The lowest BCUT2D eigenvalue weighted by molar-refractivity contribution is -0.910. The third-order valence-corrected chi connectivity index (χ3v) is 4.95. The van der Waals surface area contributed by atoms with Crippen LogP contribution in [0.25, 0.3) is 0 Å². The Kier molecular flexibility index (Phi) is 19.1. The first-order valence-corrected chi connectivity index (χ1v) is 11.3. The Labute approximate surface area is 164 Å². The van der Waals surface area contributed by atoms with Gasteiger partial charge in [0, 0.05) is 0 Å². The van der Waals surface area contributed by atoms with Crippen LogP contribution in [0, 0.1) is 0 Å². The van der Waals surface area contributed by atoms with Crippen LogP contribution in [0.1, 0.15) is 96.8 Å². The van der Waals surface area contributed by atoms with Gasteiger partial charge in [0.25, 0.3) is 0 Å². The van der Waals surface area contributed by atoms with E-state index in [9.17, 15) is 0 Å². The molecular weight excluding hydrogens is 322 g/mol. The minimum Gasteiger partial charge on any atom is -0.391 e. The monoisotopic (exact) mass is 370 g/mol. The second-order valence-corrected chi connectivity index (χ2v) is 8.36. The van der Waals surface area contributed by atoms with Gasteiger partial charge < -0.3 is 14.3 Å². The van der Waals surface area contributed by atoms with E-state index in [4.69, 9.17) is 9.84 Å². The van der Waals surface area contributed by atoms with Crippen LogP contribution in [0.2, 0.25) is 0 Å². The summed E-state index contributed by atoms with van der Waals surface area (Å²) in [5.74, 6) is 0. The number of aliphatic hydroxyl groups is 1. The molecule has 0 aromatic carbocycles. The molecule has 0 fully saturated rings. The average molecular weight is 371 g/mol. The third-order valence-electron chi connectivity index (χ3n) is 4.95. The Balaban J connectivity index is 3.18. The van der Waals surface area contributed by atoms with Gasteiger partial charge in [0.2, 0.25) is 0 Å². The summed E-state index contributed by atoms with van der Waals surface area (Å²) < 4.78 is 6.46. The van der Waals surface area contributed by atoms with Gasteiger partial charge in [0.1, 0.15) is 6.54 Å². The Morgan fingerprint density at radius 2 is 1.23 bits per heavy atom. The quantitative estimate of drug-likeness (QED) is 0.122. The fraction of sp³-hybridized carbons (Fsp3) is 0.913. The maximum absolute atomic E-state index is 8.98. The van der Waals surface area contributed by atoms with E-state index < -0.39 is 0 Å².